The molecule has 98 valence electrons. The van der Waals surface area contributed by atoms with E-state index in [1.165, 1.54) is 44.8 Å². The maximum atomic E-state index is 10.8. The zero-order chi connectivity index (χ0) is 12.8. The molecule has 0 aliphatic heterocycles. The number of carbonyl (C=O) groups excluding carboxylic acids is 1. The fraction of sp³-hybridized carbons (Fsp3) is 0.667. The highest BCUT2D eigenvalue weighted by molar-refractivity contribution is 5.69. The first-order valence-corrected chi connectivity index (χ1v) is 6.82. The van der Waals surface area contributed by atoms with Gasteiger partial charge in [0.15, 0.2) is 0 Å². The van der Waals surface area contributed by atoms with Gasteiger partial charge in [0.2, 0.25) is 0 Å². The molecule has 0 N–H and O–H groups in total. The van der Waals surface area contributed by atoms with E-state index in [0.29, 0.717) is 6.42 Å². The number of hydrogen-bond donors (Lipinski definition) is 0. The van der Waals surface area contributed by atoms with Crippen LogP contribution in [-0.4, -0.2) is 5.97 Å². The Morgan fingerprint density at radius 1 is 1.00 bits per heavy atom. The SMILES string of the molecule is CCCCCCCCC=CC=COC(=O)CC. The summed E-state index contributed by atoms with van der Waals surface area (Å²) in [4.78, 5) is 10.8. The average Bonchev–Trinajstić information content (AvgIpc) is 2.35. The third-order valence-corrected chi connectivity index (χ3v) is 2.54. The minimum atomic E-state index is -0.189. The minimum absolute atomic E-state index is 0.189. The molecule has 0 atom stereocenters. The highest BCUT2D eigenvalue weighted by atomic mass is 16.5. The molecule has 0 bridgehead atoms. The molecule has 0 aliphatic carbocycles. The van der Waals surface area contributed by atoms with Crippen LogP contribution in [-0.2, 0) is 9.53 Å². The van der Waals surface area contributed by atoms with Gasteiger partial charge < -0.3 is 4.74 Å². The Morgan fingerprint density at radius 2 is 1.71 bits per heavy atom. The average molecular weight is 238 g/mol. The van der Waals surface area contributed by atoms with Crippen LogP contribution in [0.3, 0.4) is 0 Å². The second kappa shape index (κ2) is 13.0. The van der Waals surface area contributed by atoms with Gasteiger partial charge in [-0.15, -0.1) is 0 Å². The van der Waals surface area contributed by atoms with Gasteiger partial charge >= 0.3 is 5.97 Å². The maximum absolute atomic E-state index is 10.8. The third-order valence-electron chi connectivity index (χ3n) is 2.54. The Kier molecular flexibility index (Phi) is 12.2. The predicted octanol–water partition coefficient (Wildman–Crippen LogP) is 4.76. The minimum Gasteiger partial charge on any atom is -0.434 e. The quantitative estimate of drug-likeness (QED) is 0.237. The molecule has 0 aromatic heterocycles. The van der Waals surface area contributed by atoms with Crippen molar-refractivity contribution in [2.24, 2.45) is 0 Å². The largest absolute Gasteiger partial charge is 0.434 e. The van der Waals surface area contributed by atoms with E-state index in [1.807, 2.05) is 6.08 Å². The smallest absolute Gasteiger partial charge is 0.310 e. The Bertz CT molecular complexity index is 229. The van der Waals surface area contributed by atoms with Crippen LogP contribution in [0.5, 0.6) is 0 Å². The van der Waals surface area contributed by atoms with Crippen molar-refractivity contribution in [2.45, 2.75) is 65.2 Å². The van der Waals surface area contributed by atoms with Crippen molar-refractivity contribution in [1.82, 2.24) is 0 Å². The summed E-state index contributed by atoms with van der Waals surface area (Å²) in [7, 11) is 0. The lowest BCUT2D eigenvalue weighted by atomic mass is 10.1. The predicted molar refractivity (Wildman–Crippen MR) is 72.7 cm³/mol. The van der Waals surface area contributed by atoms with Crippen molar-refractivity contribution >= 4 is 5.97 Å². The topological polar surface area (TPSA) is 26.3 Å². The number of esters is 1. The molecule has 0 aromatic carbocycles. The van der Waals surface area contributed by atoms with E-state index in [2.05, 4.69) is 13.0 Å². The molecule has 0 radical (unpaired) electrons. The van der Waals surface area contributed by atoms with Crippen molar-refractivity contribution in [2.75, 3.05) is 0 Å². The lowest BCUT2D eigenvalue weighted by Crippen LogP contribution is -1.94. The number of rotatable bonds is 10. The van der Waals surface area contributed by atoms with Gasteiger partial charge in [0.05, 0.1) is 6.26 Å². The van der Waals surface area contributed by atoms with Crippen LogP contribution in [0.2, 0.25) is 0 Å². The van der Waals surface area contributed by atoms with Gasteiger partial charge in [-0.2, -0.15) is 0 Å². The molecule has 0 heterocycles. The molecule has 2 nitrogen and oxygen atoms in total. The van der Waals surface area contributed by atoms with Crippen LogP contribution in [0.15, 0.2) is 24.5 Å². The Morgan fingerprint density at radius 3 is 2.41 bits per heavy atom. The van der Waals surface area contributed by atoms with Gasteiger partial charge in [0.1, 0.15) is 0 Å². The zero-order valence-electron chi connectivity index (χ0n) is 11.3. The Balaban J connectivity index is 3.27. The summed E-state index contributed by atoms with van der Waals surface area (Å²) in [6.07, 6.45) is 16.8. The molecule has 0 spiro atoms. The van der Waals surface area contributed by atoms with Crippen molar-refractivity contribution in [3.05, 3.63) is 24.5 Å². The summed E-state index contributed by atoms with van der Waals surface area (Å²) >= 11 is 0. The van der Waals surface area contributed by atoms with Gasteiger partial charge in [-0.25, -0.2) is 0 Å². The highest BCUT2D eigenvalue weighted by Crippen LogP contribution is 2.07. The second-order valence-corrected chi connectivity index (χ2v) is 4.16. The monoisotopic (exact) mass is 238 g/mol. The number of allylic oxidation sites excluding steroid dienone is 3. The standard InChI is InChI=1S/C15H26O2/c1-3-5-6-7-8-9-10-11-12-13-14-17-15(16)4-2/h11-14H,3-10H2,1-2H3. The second-order valence-electron chi connectivity index (χ2n) is 4.16. The number of unbranched alkanes of at least 4 members (excludes halogenated alkanes) is 6. The molecular weight excluding hydrogens is 212 g/mol. The van der Waals surface area contributed by atoms with E-state index >= 15 is 0 Å². The molecule has 0 unspecified atom stereocenters. The van der Waals surface area contributed by atoms with Crippen molar-refractivity contribution in [3.8, 4) is 0 Å². The van der Waals surface area contributed by atoms with E-state index in [9.17, 15) is 4.79 Å². The molecule has 2 heteroatoms. The lowest BCUT2D eigenvalue weighted by molar-refractivity contribution is -0.137. The summed E-state index contributed by atoms with van der Waals surface area (Å²) in [5.74, 6) is -0.189. The molecule has 0 rings (SSSR count). The summed E-state index contributed by atoms with van der Waals surface area (Å²) in [5.41, 5.74) is 0. The van der Waals surface area contributed by atoms with Crippen LogP contribution in [0.1, 0.15) is 65.2 Å². The molecule has 0 saturated heterocycles. The Hall–Kier alpha value is -1.05. The summed E-state index contributed by atoms with van der Waals surface area (Å²) in [5, 5.41) is 0. The van der Waals surface area contributed by atoms with Crippen molar-refractivity contribution in [3.63, 3.8) is 0 Å². The fourth-order valence-corrected chi connectivity index (χ4v) is 1.46. The normalized spacial score (nSPS) is 11.4. The highest BCUT2D eigenvalue weighted by Gasteiger charge is 1.91. The molecular formula is C15H26O2. The van der Waals surface area contributed by atoms with E-state index in [-0.39, 0.29) is 5.97 Å². The van der Waals surface area contributed by atoms with E-state index in [1.54, 1.807) is 13.0 Å². The van der Waals surface area contributed by atoms with Gasteiger partial charge in [0, 0.05) is 6.42 Å². The van der Waals surface area contributed by atoms with E-state index < -0.39 is 0 Å². The summed E-state index contributed by atoms with van der Waals surface area (Å²) < 4.78 is 4.79. The molecule has 0 aromatic rings. The van der Waals surface area contributed by atoms with Crippen LogP contribution in [0.25, 0.3) is 0 Å². The van der Waals surface area contributed by atoms with E-state index in [4.69, 9.17) is 4.74 Å². The van der Waals surface area contributed by atoms with E-state index in [0.717, 1.165) is 6.42 Å². The number of carbonyl (C=O) groups is 1. The van der Waals surface area contributed by atoms with Crippen molar-refractivity contribution in [1.29, 1.82) is 0 Å². The molecule has 0 aliphatic rings. The van der Waals surface area contributed by atoms with Gasteiger partial charge in [-0.1, -0.05) is 58.1 Å². The summed E-state index contributed by atoms with van der Waals surface area (Å²) in [6, 6.07) is 0. The van der Waals surface area contributed by atoms with Crippen LogP contribution >= 0.6 is 0 Å². The van der Waals surface area contributed by atoms with Gasteiger partial charge in [0.25, 0.3) is 0 Å². The van der Waals surface area contributed by atoms with Crippen molar-refractivity contribution < 1.29 is 9.53 Å². The van der Waals surface area contributed by atoms with Gasteiger partial charge in [-0.05, 0) is 18.9 Å². The molecule has 0 fully saturated rings. The number of ether oxygens (including phenoxy) is 1. The third kappa shape index (κ3) is 12.9. The van der Waals surface area contributed by atoms with Gasteiger partial charge in [-0.3, -0.25) is 4.79 Å². The first kappa shape index (κ1) is 16.0. The maximum Gasteiger partial charge on any atom is 0.310 e. The van der Waals surface area contributed by atoms with Crippen LogP contribution in [0, 0.1) is 0 Å². The molecule has 0 saturated carbocycles. The molecule has 17 heavy (non-hydrogen) atoms. The first-order valence-electron chi connectivity index (χ1n) is 6.82. The Labute approximate surface area is 106 Å². The first-order chi connectivity index (χ1) is 8.31. The zero-order valence-corrected chi connectivity index (χ0v) is 11.3. The van der Waals surface area contributed by atoms with Crippen LogP contribution < -0.4 is 0 Å². The summed E-state index contributed by atoms with van der Waals surface area (Å²) in [6.45, 7) is 4.02. The lowest BCUT2D eigenvalue weighted by Gasteiger charge is -1.97. The molecule has 0 amide bonds. The van der Waals surface area contributed by atoms with Crippen LogP contribution in [0.4, 0.5) is 0 Å². The number of hydrogen-bond acceptors (Lipinski definition) is 2. The fourth-order valence-electron chi connectivity index (χ4n) is 1.46.